The van der Waals surface area contributed by atoms with Gasteiger partial charge in [0.05, 0.1) is 5.02 Å². The second kappa shape index (κ2) is 6.09. The highest BCUT2D eigenvalue weighted by atomic mass is 35.5. The van der Waals surface area contributed by atoms with Crippen molar-refractivity contribution < 1.29 is 18.3 Å². The number of carbonyl (C=O) groups is 1. The lowest BCUT2D eigenvalue weighted by Gasteiger charge is -2.18. The van der Waals surface area contributed by atoms with E-state index < -0.39 is 28.0 Å². The van der Waals surface area contributed by atoms with Crippen LogP contribution >= 0.6 is 23.2 Å². The minimum Gasteiger partial charge on any atom is -0.480 e. The summed E-state index contributed by atoms with van der Waals surface area (Å²) in [4.78, 5) is 10.8. The van der Waals surface area contributed by atoms with Crippen LogP contribution in [0.4, 0.5) is 0 Å². The first-order valence-corrected chi connectivity index (χ1v) is 7.59. The van der Waals surface area contributed by atoms with Crippen LogP contribution in [0, 0.1) is 5.92 Å². The van der Waals surface area contributed by atoms with Crippen molar-refractivity contribution in [1.82, 2.24) is 4.72 Å². The minimum absolute atomic E-state index is 0.0233. The van der Waals surface area contributed by atoms with E-state index in [0.717, 1.165) is 0 Å². The van der Waals surface area contributed by atoms with Gasteiger partial charge in [0.15, 0.2) is 0 Å². The van der Waals surface area contributed by atoms with E-state index in [1.165, 1.54) is 18.2 Å². The van der Waals surface area contributed by atoms with Gasteiger partial charge in [0.25, 0.3) is 0 Å². The summed E-state index contributed by atoms with van der Waals surface area (Å²) >= 11 is 11.5. The highest BCUT2D eigenvalue weighted by Gasteiger charge is 2.29. The molecule has 1 aromatic carbocycles. The number of hydrogen-bond donors (Lipinski definition) is 2. The maximum Gasteiger partial charge on any atom is 0.322 e. The molecule has 19 heavy (non-hydrogen) atoms. The van der Waals surface area contributed by atoms with Crippen molar-refractivity contribution >= 4 is 39.2 Å². The van der Waals surface area contributed by atoms with Crippen LogP contribution in [-0.2, 0) is 14.8 Å². The summed E-state index contributed by atoms with van der Waals surface area (Å²) in [6.45, 7) is 3.20. The number of halogens is 2. The minimum atomic E-state index is -4.05. The lowest BCUT2D eigenvalue weighted by Crippen LogP contribution is -2.44. The number of carboxylic acids is 1. The van der Waals surface area contributed by atoms with E-state index in [1.807, 2.05) is 0 Å². The van der Waals surface area contributed by atoms with Gasteiger partial charge in [0, 0.05) is 5.02 Å². The van der Waals surface area contributed by atoms with E-state index in [9.17, 15) is 13.2 Å². The molecule has 8 heteroatoms. The monoisotopic (exact) mass is 325 g/mol. The quantitative estimate of drug-likeness (QED) is 0.870. The van der Waals surface area contributed by atoms with Crippen molar-refractivity contribution in [3.8, 4) is 0 Å². The summed E-state index contributed by atoms with van der Waals surface area (Å²) in [5.74, 6) is -1.66. The average Bonchev–Trinajstić information content (AvgIpc) is 2.28. The molecule has 0 amide bonds. The third kappa shape index (κ3) is 4.07. The molecule has 0 aliphatic heterocycles. The zero-order valence-electron chi connectivity index (χ0n) is 10.2. The summed E-state index contributed by atoms with van der Waals surface area (Å²) < 4.78 is 26.3. The maximum atomic E-state index is 12.1. The van der Waals surface area contributed by atoms with E-state index >= 15 is 0 Å². The van der Waals surface area contributed by atoms with Crippen LogP contribution in [-0.4, -0.2) is 25.5 Å². The molecule has 1 aromatic rings. The van der Waals surface area contributed by atoms with Crippen molar-refractivity contribution in [1.29, 1.82) is 0 Å². The lowest BCUT2D eigenvalue weighted by molar-refractivity contribution is -0.140. The Morgan fingerprint density at radius 3 is 2.37 bits per heavy atom. The maximum absolute atomic E-state index is 12.1. The second-order valence-electron chi connectivity index (χ2n) is 4.26. The fourth-order valence-electron chi connectivity index (χ4n) is 1.39. The number of aliphatic carboxylic acids is 1. The van der Waals surface area contributed by atoms with E-state index in [4.69, 9.17) is 28.3 Å². The van der Waals surface area contributed by atoms with Gasteiger partial charge >= 0.3 is 5.97 Å². The molecule has 1 atom stereocenters. The SMILES string of the molecule is CC(C)[C@H](NS(=O)(=O)c1cc(Cl)ccc1Cl)C(=O)O. The van der Waals surface area contributed by atoms with Crippen LogP contribution in [0.3, 0.4) is 0 Å². The Kier molecular flexibility index (Phi) is 5.20. The van der Waals surface area contributed by atoms with Crippen LogP contribution in [0.25, 0.3) is 0 Å². The normalized spacial score (nSPS) is 13.5. The van der Waals surface area contributed by atoms with Crippen LogP contribution in [0.15, 0.2) is 23.1 Å². The standard InChI is InChI=1S/C11H13Cl2NO4S/c1-6(2)10(11(15)16)14-19(17,18)9-5-7(12)3-4-8(9)13/h3-6,10,14H,1-2H3,(H,15,16)/t10-/m0/s1. The van der Waals surface area contributed by atoms with Gasteiger partial charge in [0.1, 0.15) is 10.9 Å². The number of benzene rings is 1. The topological polar surface area (TPSA) is 83.5 Å². The van der Waals surface area contributed by atoms with E-state index in [0.29, 0.717) is 0 Å². The fraction of sp³-hybridized carbons (Fsp3) is 0.364. The zero-order chi connectivity index (χ0) is 14.8. The Morgan fingerprint density at radius 1 is 1.32 bits per heavy atom. The van der Waals surface area contributed by atoms with E-state index in [2.05, 4.69) is 4.72 Å². The number of carboxylic acid groups (broad SMARTS) is 1. The summed E-state index contributed by atoms with van der Waals surface area (Å²) in [6.07, 6.45) is 0. The molecule has 0 fully saturated rings. The van der Waals surface area contributed by atoms with Gasteiger partial charge in [-0.3, -0.25) is 4.79 Å². The first kappa shape index (κ1) is 16.2. The molecule has 0 spiro atoms. The van der Waals surface area contributed by atoms with Crippen LogP contribution in [0.2, 0.25) is 10.0 Å². The number of nitrogens with one attached hydrogen (secondary N) is 1. The Bertz CT molecular complexity index is 586. The molecule has 1 rings (SSSR count). The molecule has 2 N–H and O–H groups in total. The summed E-state index contributed by atoms with van der Waals surface area (Å²) in [5, 5.41) is 9.16. The van der Waals surface area contributed by atoms with Crippen LogP contribution in [0.1, 0.15) is 13.8 Å². The van der Waals surface area contributed by atoms with E-state index in [-0.39, 0.29) is 14.9 Å². The van der Waals surface area contributed by atoms with Gasteiger partial charge in [0.2, 0.25) is 10.0 Å². The van der Waals surface area contributed by atoms with Crippen molar-refractivity contribution in [3.63, 3.8) is 0 Å². The Labute approximate surface area is 121 Å². The van der Waals surface area contributed by atoms with Gasteiger partial charge in [-0.2, -0.15) is 4.72 Å². The fourth-order valence-corrected chi connectivity index (χ4v) is 3.49. The Hall–Kier alpha value is -0.820. The van der Waals surface area contributed by atoms with Gasteiger partial charge in [-0.15, -0.1) is 0 Å². The van der Waals surface area contributed by atoms with Crippen LogP contribution in [0.5, 0.6) is 0 Å². The molecule has 0 saturated carbocycles. The molecular weight excluding hydrogens is 313 g/mol. The summed E-state index contributed by atoms with van der Waals surface area (Å²) in [7, 11) is -4.05. The second-order valence-corrected chi connectivity index (χ2v) is 6.78. The largest absolute Gasteiger partial charge is 0.480 e. The predicted octanol–water partition coefficient (Wildman–Crippen LogP) is 2.38. The van der Waals surface area contributed by atoms with Gasteiger partial charge in [-0.1, -0.05) is 37.0 Å². The third-order valence-corrected chi connectivity index (χ3v) is 4.56. The molecule has 0 heterocycles. The number of sulfonamides is 1. The number of hydrogen-bond acceptors (Lipinski definition) is 3. The van der Waals surface area contributed by atoms with Crippen LogP contribution < -0.4 is 4.72 Å². The molecule has 5 nitrogen and oxygen atoms in total. The first-order valence-electron chi connectivity index (χ1n) is 5.35. The Balaban J connectivity index is 3.17. The highest BCUT2D eigenvalue weighted by molar-refractivity contribution is 7.89. The van der Waals surface area contributed by atoms with Crippen molar-refractivity contribution in [2.75, 3.05) is 0 Å². The molecule has 0 aromatic heterocycles. The molecule has 0 radical (unpaired) electrons. The lowest BCUT2D eigenvalue weighted by atomic mass is 10.1. The summed E-state index contributed by atoms with van der Waals surface area (Å²) in [6, 6.07) is 2.72. The number of rotatable bonds is 5. The molecule has 106 valence electrons. The molecular formula is C11H13Cl2NO4S. The molecule has 0 aliphatic carbocycles. The van der Waals surface area contributed by atoms with Crippen molar-refractivity contribution in [2.24, 2.45) is 5.92 Å². The van der Waals surface area contributed by atoms with Crippen molar-refractivity contribution in [2.45, 2.75) is 24.8 Å². The summed E-state index contributed by atoms with van der Waals surface area (Å²) in [5.41, 5.74) is 0. The first-order chi connectivity index (χ1) is 8.65. The zero-order valence-corrected chi connectivity index (χ0v) is 12.6. The average molecular weight is 326 g/mol. The molecule has 0 aliphatic rings. The smallest absolute Gasteiger partial charge is 0.322 e. The third-order valence-electron chi connectivity index (χ3n) is 2.40. The highest BCUT2D eigenvalue weighted by Crippen LogP contribution is 2.25. The molecule has 0 saturated heterocycles. The van der Waals surface area contributed by atoms with Gasteiger partial charge in [-0.05, 0) is 24.1 Å². The van der Waals surface area contributed by atoms with Gasteiger partial charge in [-0.25, -0.2) is 8.42 Å². The molecule has 0 bridgehead atoms. The Morgan fingerprint density at radius 2 is 1.89 bits per heavy atom. The molecule has 0 unspecified atom stereocenters. The van der Waals surface area contributed by atoms with Crippen molar-refractivity contribution in [3.05, 3.63) is 28.2 Å². The van der Waals surface area contributed by atoms with Gasteiger partial charge < -0.3 is 5.11 Å². The van der Waals surface area contributed by atoms with E-state index in [1.54, 1.807) is 13.8 Å². The predicted molar refractivity (Wildman–Crippen MR) is 73.0 cm³/mol.